The lowest BCUT2D eigenvalue weighted by Gasteiger charge is -2.07. The second kappa shape index (κ2) is 4.61. The van der Waals surface area contributed by atoms with Gasteiger partial charge in [-0.15, -0.1) is 0 Å². The van der Waals surface area contributed by atoms with Gasteiger partial charge in [0.15, 0.2) is 5.82 Å². The topological polar surface area (TPSA) is 55.7 Å². The Hall–Kier alpha value is -2.10. The van der Waals surface area contributed by atoms with Crippen molar-refractivity contribution in [1.82, 2.24) is 15.0 Å². The van der Waals surface area contributed by atoms with E-state index in [0.717, 1.165) is 5.69 Å². The molecule has 2 rings (SSSR count). The van der Waals surface area contributed by atoms with Crippen LogP contribution in [0, 0.1) is 0 Å². The minimum Gasteiger partial charge on any atom is -0.290 e. The molecule has 1 atom stereocenters. The van der Waals surface area contributed by atoms with E-state index in [0.29, 0.717) is 0 Å². The van der Waals surface area contributed by atoms with Gasteiger partial charge in [0.1, 0.15) is 0 Å². The van der Waals surface area contributed by atoms with E-state index in [9.17, 15) is 4.79 Å². The summed E-state index contributed by atoms with van der Waals surface area (Å²) in [5.74, 6) is -0.191. The van der Waals surface area contributed by atoms with Crippen molar-refractivity contribution in [2.75, 3.05) is 0 Å². The van der Waals surface area contributed by atoms with Gasteiger partial charge in [0, 0.05) is 18.6 Å². The van der Waals surface area contributed by atoms with Gasteiger partial charge in [0.2, 0.25) is 5.78 Å². The van der Waals surface area contributed by atoms with Crippen LogP contribution < -0.4 is 0 Å². The third-order valence-electron chi connectivity index (χ3n) is 2.31. The third kappa shape index (κ3) is 2.11. The second-order valence-corrected chi connectivity index (χ2v) is 3.41. The molecular weight excluding hydrogens is 202 g/mol. The highest BCUT2D eigenvalue weighted by molar-refractivity contribution is 5.97. The largest absolute Gasteiger partial charge is 0.290 e. The molecule has 0 amide bonds. The van der Waals surface area contributed by atoms with Crippen molar-refractivity contribution in [1.29, 1.82) is 0 Å². The van der Waals surface area contributed by atoms with Crippen molar-refractivity contribution in [3.05, 3.63) is 54.4 Å². The Morgan fingerprint density at radius 3 is 2.38 bits per heavy atom. The number of hydrogen-bond acceptors (Lipinski definition) is 4. The molecule has 0 spiro atoms. The molecule has 0 radical (unpaired) electrons. The van der Waals surface area contributed by atoms with Crippen molar-refractivity contribution < 1.29 is 4.79 Å². The number of pyridine rings is 1. The summed E-state index contributed by atoms with van der Waals surface area (Å²) in [5.41, 5.74) is 0.736. The molecule has 0 fully saturated rings. The molecule has 16 heavy (non-hydrogen) atoms. The van der Waals surface area contributed by atoms with E-state index in [2.05, 4.69) is 15.0 Å². The Kier molecular flexibility index (Phi) is 3.00. The summed E-state index contributed by atoms with van der Waals surface area (Å²) in [4.78, 5) is 24.0. The van der Waals surface area contributed by atoms with Gasteiger partial charge in [-0.25, -0.2) is 9.97 Å². The minimum absolute atomic E-state index is 0.112. The standard InChI is InChI=1S/C12H11N3O/c1-9(10-5-2-3-6-13-10)11(16)12-14-7-4-8-15-12/h2-9H,1H3. The number of carbonyl (C=O) groups excluding carboxylic acids is 1. The van der Waals surface area contributed by atoms with Crippen molar-refractivity contribution >= 4 is 5.78 Å². The monoisotopic (exact) mass is 213 g/mol. The van der Waals surface area contributed by atoms with Gasteiger partial charge < -0.3 is 0 Å². The number of ketones is 1. The van der Waals surface area contributed by atoms with Gasteiger partial charge in [0.05, 0.1) is 11.6 Å². The first kappa shape index (κ1) is 10.4. The fourth-order valence-corrected chi connectivity index (χ4v) is 1.39. The zero-order valence-corrected chi connectivity index (χ0v) is 8.87. The number of nitrogens with zero attached hydrogens (tertiary/aromatic N) is 3. The van der Waals surface area contributed by atoms with E-state index in [1.54, 1.807) is 31.6 Å². The van der Waals surface area contributed by atoms with E-state index in [-0.39, 0.29) is 17.5 Å². The number of rotatable bonds is 3. The molecule has 2 heterocycles. The lowest BCUT2D eigenvalue weighted by atomic mass is 10.0. The van der Waals surface area contributed by atoms with Gasteiger partial charge in [-0.2, -0.15) is 0 Å². The third-order valence-corrected chi connectivity index (χ3v) is 2.31. The first-order valence-corrected chi connectivity index (χ1v) is 5.01. The number of Topliss-reactive ketones (excluding diaryl/α,β-unsaturated/α-hetero) is 1. The first-order chi connectivity index (χ1) is 7.79. The number of aromatic nitrogens is 3. The second-order valence-electron chi connectivity index (χ2n) is 3.41. The molecule has 1 unspecified atom stereocenters. The maximum atomic E-state index is 12.0. The summed E-state index contributed by atoms with van der Waals surface area (Å²) in [6.07, 6.45) is 4.79. The van der Waals surface area contributed by atoms with Crippen LogP contribution in [-0.4, -0.2) is 20.7 Å². The average molecular weight is 213 g/mol. The van der Waals surface area contributed by atoms with Crippen LogP contribution in [0.2, 0.25) is 0 Å². The average Bonchev–Trinajstić information content (AvgIpc) is 2.39. The van der Waals surface area contributed by atoms with Crippen molar-refractivity contribution in [3.63, 3.8) is 0 Å². The van der Waals surface area contributed by atoms with Crippen LogP contribution in [0.1, 0.15) is 29.2 Å². The lowest BCUT2D eigenvalue weighted by Crippen LogP contribution is -2.13. The van der Waals surface area contributed by atoms with Gasteiger partial charge in [-0.1, -0.05) is 6.07 Å². The van der Waals surface area contributed by atoms with Gasteiger partial charge in [-0.3, -0.25) is 9.78 Å². The van der Waals surface area contributed by atoms with Crippen LogP contribution in [0.3, 0.4) is 0 Å². The molecule has 0 bridgehead atoms. The molecule has 0 aliphatic heterocycles. The van der Waals surface area contributed by atoms with Crippen LogP contribution in [0.25, 0.3) is 0 Å². The Labute approximate surface area is 93.4 Å². The first-order valence-electron chi connectivity index (χ1n) is 5.01. The molecule has 0 saturated heterocycles. The normalized spacial score (nSPS) is 12.1. The van der Waals surface area contributed by atoms with Crippen LogP contribution in [0.4, 0.5) is 0 Å². The molecule has 2 aromatic heterocycles. The Bertz CT molecular complexity index is 470. The van der Waals surface area contributed by atoms with Crippen LogP contribution in [0.15, 0.2) is 42.9 Å². The number of carbonyl (C=O) groups is 1. The predicted molar refractivity (Wildman–Crippen MR) is 59.0 cm³/mol. The minimum atomic E-state index is -0.316. The maximum absolute atomic E-state index is 12.0. The Morgan fingerprint density at radius 1 is 1.06 bits per heavy atom. The fraction of sp³-hybridized carbons (Fsp3) is 0.167. The van der Waals surface area contributed by atoms with E-state index in [4.69, 9.17) is 0 Å². The summed E-state index contributed by atoms with van der Waals surface area (Å²) in [5, 5.41) is 0. The summed E-state index contributed by atoms with van der Waals surface area (Å²) < 4.78 is 0. The smallest absolute Gasteiger partial charge is 0.208 e. The van der Waals surface area contributed by atoms with Gasteiger partial charge in [0.25, 0.3) is 0 Å². The van der Waals surface area contributed by atoms with Crippen LogP contribution in [0.5, 0.6) is 0 Å². The molecule has 80 valence electrons. The molecule has 0 aliphatic rings. The predicted octanol–water partition coefficient (Wildman–Crippen LogP) is 1.86. The lowest BCUT2D eigenvalue weighted by molar-refractivity contribution is 0.0954. The highest BCUT2D eigenvalue weighted by atomic mass is 16.1. The zero-order valence-electron chi connectivity index (χ0n) is 8.87. The maximum Gasteiger partial charge on any atom is 0.208 e. The Balaban J connectivity index is 2.24. The molecule has 4 heteroatoms. The van der Waals surface area contributed by atoms with Crippen molar-refractivity contribution in [2.24, 2.45) is 0 Å². The van der Waals surface area contributed by atoms with E-state index < -0.39 is 0 Å². The summed E-state index contributed by atoms with van der Waals surface area (Å²) in [7, 11) is 0. The van der Waals surface area contributed by atoms with Crippen LogP contribution >= 0.6 is 0 Å². The van der Waals surface area contributed by atoms with Gasteiger partial charge in [-0.05, 0) is 25.1 Å². The van der Waals surface area contributed by atoms with Crippen molar-refractivity contribution in [3.8, 4) is 0 Å². The quantitative estimate of drug-likeness (QED) is 0.730. The molecule has 4 nitrogen and oxygen atoms in total. The fourth-order valence-electron chi connectivity index (χ4n) is 1.39. The highest BCUT2D eigenvalue weighted by Gasteiger charge is 2.19. The molecule has 0 saturated carbocycles. The summed E-state index contributed by atoms with van der Waals surface area (Å²) in [6, 6.07) is 7.19. The van der Waals surface area contributed by atoms with E-state index >= 15 is 0 Å². The molecule has 2 aromatic rings. The van der Waals surface area contributed by atoms with E-state index in [1.807, 2.05) is 18.2 Å². The summed E-state index contributed by atoms with van der Waals surface area (Å²) >= 11 is 0. The zero-order chi connectivity index (χ0) is 11.4. The molecule has 0 aromatic carbocycles. The Morgan fingerprint density at radius 2 is 1.75 bits per heavy atom. The summed E-state index contributed by atoms with van der Waals surface area (Å²) in [6.45, 7) is 1.81. The SMILES string of the molecule is CC(C(=O)c1ncccn1)c1ccccn1. The highest BCUT2D eigenvalue weighted by Crippen LogP contribution is 2.15. The molecule has 0 N–H and O–H groups in total. The van der Waals surface area contributed by atoms with Gasteiger partial charge >= 0.3 is 0 Å². The molecular formula is C12H11N3O. The molecule has 0 aliphatic carbocycles. The van der Waals surface area contributed by atoms with Crippen LogP contribution in [-0.2, 0) is 0 Å². The van der Waals surface area contributed by atoms with E-state index in [1.165, 1.54) is 0 Å². The van der Waals surface area contributed by atoms with Crippen molar-refractivity contribution in [2.45, 2.75) is 12.8 Å². The number of hydrogen-bond donors (Lipinski definition) is 0.